The summed E-state index contributed by atoms with van der Waals surface area (Å²) >= 11 is 11.2. The molecule has 5 heteroatoms. The quantitative estimate of drug-likeness (QED) is 0.857. The van der Waals surface area contributed by atoms with E-state index in [1.54, 1.807) is 18.2 Å². The lowest BCUT2D eigenvalue weighted by molar-refractivity contribution is 0.0928. The van der Waals surface area contributed by atoms with Crippen molar-refractivity contribution in [3.8, 4) is 0 Å². The van der Waals surface area contributed by atoms with E-state index in [4.69, 9.17) is 11.6 Å². The van der Waals surface area contributed by atoms with E-state index in [-0.39, 0.29) is 5.91 Å². The third-order valence-corrected chi connectivity index (χ3v) is 5.88. The van der Waals surface area contributed by atoms with Crippen molar-refractivity contribution in [2.45, 2.75) is 37.0 Å². The fourth-order valence-corrected chi connectivity index (χ4v) is 3.59. The van der Waals surface area contributed by atoms with Gasteiger partial charge in [0.1, 0.15) is 0 Å². The SMILES string of the molecule is CSC1CCC(NC(=O)c2ccc(Cl)c(Br)c2)CC1. The van der Waals surface area contributed by atoms with E-state index in [1.165, 1.54) is 12.8 Å². The monoisotopic (exact) mass is 361 g/mol. The Morgan fingerprint density at radius 3 is 2.63 bits per heavy atom. The first-order chi connectivity index (χ1) is 9.10. The fourth-order valence-electron chi connectivity index (χ4n) is 2.35. The van der Waals surface area contributed by atoms with Crippen LogP contribution >= 0.6 is 39.3 Å². The summed E-state index contributed by atoms with van der Waals surface area (Å²) in [7, 11) is 0. The van der Waals surface area contributed by atoms with E-state index in [9.17, 15) is 4.79 Å². The van der Waals surface area contributed by atoms with Crippen molar-refractivity contribution in [2.75, 3.05) is 6.26 Å². The van der Waals surface area contributed by atoms with Crippen molar-refractivity contribution in [2.24, 2.45) is 0 Å². The van der Waals surface area contributed by atoms with Crippen LogP contribution in [0.5, 0.6) is 0 Å². The highest BCUT2D eigenvalue weighted by Crippen LogP contribution is 2.27. The van der Waals surface area contributed by atoms with Gasteiger partial charge in [-0.15, -0.1) is 0 Å². The van der Waals surface area contributed by atoms with Crippen molar-refractivity contribution in [3.05, 3.63) is 33.3 Å². The topological polar surface area (TPSA) is 29.1 Å². The van der Waals surface area contributed by atoms with Crippen LogP contribution in [0.1, 0.15) is 36.0 Å². The average Bonchev–Trinajstić information content (AvgIpc) is 2.42. The van der Waals surface area contributed by atoms with Crippen molar-refractivity contribution in [3.63, 3.8) is 0 Å². The summed E-state index contributed by atoms with van der Waals surface area (Å²) in [5, 5.41) is 4.50. The Hall–Kier alpha value is -0.190. The Morgan fingerprint density at radius 2 is 2.05 bits per heavy atom. The molecule has 104 valence electrons. The van der Waals surface area contributed by atoms with E-state index in [1.807, 2.05) is 11.8 Å². The molecule has 1 aliphatic rings. The first-order valence-electron chi connectivity index (χ1n) is 6.39. The van der Waals surface area contributed by atoms with E-state index < -0.39 is 0 Å². The largest absolute Gasteiger partial charge is 0.349 e. The average molecular weight is 363 g/mol. The summed E-state index contributed by atoms with van der Waals surface area (Å²) in [6.45, 7) is 0. The maximum absolute atomic E-state index is 12.1. The van der Waals surface area contributed by atoms with Crippen LogP contribution in [0.4, 0.5) is 0 Å². The van der Waals surface area contributed by atoms with Gasteiger partial charge < -0.3 is 5.32 Å². The van der Waals surface area contributed by atoms with Gasteiger partial charge in [0.2, 0.25) is 0 Å². The minimum atomic E-state index is -0.00929. The molecule has 1 N–H and O–H groups in total. The molecule has 2 rings (SSSR count). The minimum Gasteiger partial charge on any atom is -0.349 e. The molecule has 1 fully saturated rings. The summed E-state index contributed by atoms with van der Waals surface area (Å²) in [5.74, 6) is -0.00929. The molecule has 2 nitrogen and oxygen atoms in total. The third kappa shape index (κ3) is 4.14. The molecule has 1 saturated carbocycles. The van der Waals surface area contributed by atoms with Crippen LogP contribution in [0.25, 0.3) is 0 Å². The molecule has 0 aliphatic heterocycles. The number of rotatable bonds is 3. The summed E-state index contributed by atoms with van der Waals surface area (Å²) in [4.78, 5) is 12.1. The summed E-state index contributed by atoms with van der Waals surface area (Å²) in [6.07, 6.45) is 6.69. The van der Waals surface area contributed by atoms with E-state index >= 15 is 0 Å². The van der Waals surface area contributed by atoms with Crippen LogP contribution in [0.3, 0.4) is 0 Å². The Kier molecular flexibility index (Phi) is 5.60. The number of carbonyl (C=O) groups excluding carboxylic acids is 1. The predicted molar refractivity (Wildman–Crippen MR) is 86.2 cm³/mol. The van der Waals surface area contributed by atoms with Gasteiger partial charge in [0, 0.05) is 21.3 Å². The maximum Gasteiger partial charge on any atom is 0.251 e. The molecule has 1 aromatic rings. The molecular weight excluding hydrogens is 346 g/mol. The Morgan fingerprint density at radius 1 is 1.37 bits per heavy atom. The maximum atomic E-state index is 12.1. The molecule has 0 aromatic heterocycles. The Bertz CT molecular complexity index is 461. The molecule has 0 atom stereocenters. The van der Waals surface area contributed by atoms with Gasteiger partial charge in [-0.25, -0.2) is 0 Å². The number of hydrogen-bond donors (Lipinski definition) is 1. The lowest BCUT2D eigenvalue weighted by Gasteiger charge is -2.28. The van der Waals surface area contributed by atoms with Gasteiger partial charge in [-0.1, -0.05) is 11.6 Å². The number of thioether (sulfide) groups is 1. The molecule has 0 saturated heterocycles. The highest BCUT2D eigenvalue weighted by molar-refractivity contribution is 9.10. The zero-order valence-electron chi connectivity index (χ0n) is 10.8. The number of hydrogen-bond acceptors (Lipinski definition) is 2. The second-order valence-corrected chi connectivity index (χ2v) is 7.21. The van der Waals surface area contributed by atoms with Crippen LogP contribution in [0.15, 0.2) is 22.7 Å². The van der Waals surface area contributed by atoms with E-state index in [2.05, 4.69) is 27.5 Å². The smallest absolute Gasteiger partial charge is 0.251 e. The normalized spacial score (nSPS) is 23.1. The Labute approximate surface area is 131 Å². The zero-order valence-corrected chi connectivity index (χ0v) is 13.9. The van der Waals surface area contributed by atoms with Gasteiger partial charge >= 0.3 is 0 Å². The number of nitrogens with one attached hydrogen (secondary N) is 1. The van der Waals surface area contributed by atoms with Crippen LogP contribution in [0, 0.1) is 0 Å². The number of halogens is 2. The summed E-state index contributed by atoms with van der Waals surface area (Å²) in [6, 6.07) is 5.58. The first kappa shape index (κ1) is 15.2. The second kappa shape index (κ2) is 7.00. The predicted octanol–water partition coefficient (Wildman–Crippen LogP) is 4.51. The fraction of sp³-hybridized carbons (Fsp3) is 0.500. The molecule has 0 spiro atoms. The standard InChI is InChI=1S/C14H17BrClNOS/c1-19-11-5-3-10(4-6-11)17-14(18)9-2-7-13(16)12(15)8-9/h2,7-8,10-11H,3-6H2,1H3,(H,17,18). The van der Waals surface area contributed by atoms with Gasteiger partial charge in [0.15, 0.2) is 0 Å². The van der Waals surface area contributed by atoms with Gasteiger partial charge in [0.05, 0.1) is 5.02 Å². The molecule has 1 aliphatic carbocycles. The highest BCUT2D eigenvalue weighted by Gasteiger charge is 2.22. The van der Waals surface area contributed by atoms with Crippen LogP contribution in [0.2, 0.25) is 5.02 Å². The van der Waals surface area contributed by atoms with Crippen LogP contribution in [-0.2, 0) is 0 Å². The van der Waals surface area contributed by atoms with Gasteiger partial charge in [0.25, 0.3) is 5.91 Å². The highest BCUT2D eigenvalue weighted by atomic mass is 79.9. The molecule has 1 amide bonds. The van der Waals surface area contributed by atoms with Crippen molar-refractivity contribution < 1.29 is 4.79 Å². The van der Waals surface area contributed by atoms with E-state index in [0.717, 1.165) is 22.6 Å². The van der Waals surface area contributed by atoms with Crippen molar-refractivity contribution in [1.82, 2.24) is 5.32 Å². The second-order valence-electron chi connectivity index (χ2n) is 4.81. The van der Waals surface area contributed by atoms with Gasteiger partial charge in [-0.05, 0) is 66.1 Å². The van der Waals surface area contributed by atoms with Crippen LogP contribution < -0.4 is 5.32 Å². The third-order valence-electron chi connectivity index (χ3n) is 3.52. The molecule has 0 unspecified atom stereocenters. The molecule has 0 radical (unpaired) electrons. The number of carbonyl (C=O) groups is 1. The molecule has 1 aromatic carbocycles. The van der Waals surface area contributed by atoms with Gasteiger partial charge in [-0.3, -0.25) is 4.79 Å². The number of benzene rings is 1. The van der Waals surface area contributed by atoms with Crippen LogP contribution in [-0.4, -0.2) is 23.5 Å². The first-order valence-corrected chi connectivity index (χ1v) is 8.84. The summed E-state index contributed by atoms with van der Waals surface area (Å²) < 4.78 is 0.757. The van der Waals surface area contributed by atoms with Crippen molar-refractivity contribution in [1.29, 1.82) is 0 Å². The lowest BCUT2D eigenvalue weighted by Crippen LogP contribution is -2.38. The molecule has 0 heterocycles. The zero-order chi connectivity index (χ0) is 13.8. The van der Waals surface area contributed by atoms with E-state index in [0.29, 0.717) is 16.6 Å². The molecule has 0 bridgehead atoms. The van der Waals surface area contributed by atoms with Crippen molar-refractivity contribution >= 4 is 45.2 Å². The number of amides is 1. The summed E-state index contributed by atoms with van der Waals surface area (Å²) in [5.41, 5.74) is 0.656. The Balaban J connectivity index is 1.92. The van der Waals surface area contributed by atoms with Gasteiger partial charge in [-0.2, -0.15) is 11.8 Å². The minimum absolute atomic E-state index is 0.00929. The molecule has 19 heavy (non-hydrogen) atoms. The lowest BCUT2D eigenvalue weighted by atomic mass is 9.94. The molecular formula is C14H17BrClNOS.